The summed E-state index contributed by atoms with van der Waals surface area (Å²) in [7, 11) is 1.70. The molecule has 2 heterocycles. The monoisotopic (exact) mass is 434 g/mol. The lowest BCUT2D eigenvalue weighted by Gasteiger charge is -2.19. The van der Waals surface area contributed by atoms with E-state index in [1.807, 2.05) is 18.2 Å². The molecule has 5 nitrogen and oxygen atoms in total. The lowest BCUT2D eigenvalue weighted by Crippen LogP contribution is -2.27. The summed E-state index contributed by atoms with van der Waals surface area (Å²) in [4.78, 5) is 7.35. The zero-order chi connectivity index (χ0) is 18.8. The number of likely N-dealkylation sites (N-methyl/N-ethyl adjacent to an activating group) is 1. The highest BCUT2D eigenvalue weighted by Crippen LogP contribution is 2.28. The van der Waals surface area contributed by atoms with Gasteiger partial charge in [-0.05, 0) is 49.5 Å². The van der Waals surface area contributed by atoms with Crippen LogP contribution in [0.4, 0.5) is 0 Å². The standard InChI is InChI=1S/C22H26N4O.2ClH/c1-4-24(5-2)14-15-25-21(17-10-12-18(27-3)13-11-17)16-26-20-9-7-6-8-19(20)23-22(25)26;;/h6-13,16H,4-5,14-15H2,1-3H3;2*1H. The normalized spacial score (nSPS) is 10.9. The average Bonchev–Trinajstić information content (AvgIpc) is 3.25. The minimum absolute atomic E-state index is 0. The van der Waals surface area contributed by atoms with Crippen molar-refractivity contribution >= 4 is 41.6 Å². The molecule has 0 fully saturated rings. The largest absolute Gasteiger partial charge is 0.497 e. The van der Waals surface area contributed by atoms with E-state index in [1.165, 1.54) is 11.3 Å². The average molecular weight is 435 g/mol. The minimum Gasteiger partial charge on any atom is -0.497 e. The van der Waals surface area contributed by atoms with E-state index in [0.29, 0.717) is 0 Å². The van der Waals surface area contributed by atoms with Crippen LogP contribution in [0.1, 0.15) is 13.8 Å². The van der Waals surface area contributed by atoms with E-state index in [1.54, 1.807) is 7.11 Å². The van der Waals surface area contributed by atoms with E-state index in [9.17, 15) is 0 Å². The van der Waals surface area contributed by atoms with Crippen molar-refractivity contribution in [1.29, 1.82) is 0 Å². The molecule has 2 aromatic carbocycles. The van der Waals surface area contributed by atoms with Gasteiger partial charge in [0.15, 0.2) is 0 Å². The predicted molar refractivity (Wildman–Crippen MR) is 125 cm³/mol. The van der Waals surface area contributed by atoms with Gasteiger partial charge in [-0.2, -0.15) is 0 Å². The summed E-state index contributed by atoms with van der Waals surface area (Å²) in [5.74, 6) is 1.87. The zero-order valence-corrected chi connectivity index (χ0v) is 18.7. The van der Waals surface area contributed by atoms with Crippen molar-refractivity contribution < 1.29 is 4.74 Å². The van der Waals surface area contributed by atoms with Crippen LogP contribution < -0.4 is 4.74 Å². The molecular weight excluding hydrogens is 407 g/mol. The number of fused-ring (bicyclic) bond motifs is 3. The molecule has 0 aliphatic heterocycles. The fourth-order valence-corrected chi connectivity index (χ4v) is 3.64. The van der Waals surface area contributed by atoms with Crippen LogP contribution in [-0.4, -0.2) is 45.6 Å². The van der Waals surface area contributed by atoms with Crippen molar-refractivity contribution in [3.05, 3.63) is 54.7 Å². The number of aromatic nitrogens is 3. The van der Waals surface area contributed by atoms with Gasteiger partial charge in [-0.3, -0.25) is 4.40 Å². The second-order valence-electron chi connectivity index (χ2n) is 6.69. The van der Waals surface area contributed by atoms with Crippen LogP contribution in [0, 0.1) is 0 Å². The lowest BCUT2D eigenvalue weighted by molar-refractivity contribution is 0.292. The van der Waals surface area contributed by atoms with E-state index >= 15 is 0 Å². The Morgan fingerprint density at radius 1 is 0.966 bits per heavy atom. The van der Waals surface area contributed by atoms with Crippen LogP contribution in [0.3, 0.4) is 0 Å². The van der Waals surface area contributed by atoms with E-state index in [2.05, 4.69) is 64.2 Å². The summed E-state index contributed by atoms with van der Waals surface area (Å²) >= 11 is 0. The third kappa shape index (κ3) is 4.37. The Hall–Kier alpha value is -2.21. The Balaban J connectivity index is 0.00000150. The second kappa shape index (κ2) is 10.0. The molecule has 4 aromatic rings. The molecule has 4 rings (SSSR count). The van der Waals surface area contributed by atoms with Gasteiger partial charge >= 0.3 is 0 Å². The molecule has 0 atom stereocenters. The number of imidazole rings is 2. The maximum Gasteiger partial charge on any atom is 0.215 e. The Kier molecular flexibility index (Phi) is 7.96. The van der Waals surface area contributed by atoms with Crippen LogP contribution in [0.25, 0.3) is 28.1 Å². The molecule has 0 amide bonds. The zero-order valence-electron chi connectivity index (χ0n) is 17.0. The number of ether oxygens (including phenoxy) is 1. The third-order valence-corrected chi connectivity index (χ3v) is 5.28. The molecule has 0 N–H and O–H groups in total. The highest BCUT2D eigenvalue weighted by atomic mass is 35.5. The molecule has 7 heteroatoms. The van der Waals surface area contributed by atoms with Crippen molar-refractivity contribution in [1.82, 2.24) is 18.9 Å². The van der Waals surface area contributed by atoms with E-state index in [0.717, 1.165) is 48.7 Å². The van der Waals surface area contributed by atoms with Crippen LogP contribution >= 0.6 is 24.8 Å². The molecule has 0 aliphatic rings. The first kappa shape index (κ1) is 23.1. The molecular formula is C22H28Cl2N4O. The van der Waals surface area contributed by atoms with Crippen LogP contribution in [-0.2, 0) is 6.54 Å². The van der Waals surface area contributed by atoms with Crippen LogP contribution in [0.5, 0.6) is 5.75 Å². The SMILES string of the molecule is CCN(CC)CCn1c(-c2ccc(OC)cc2)cn2c3ccccc3nc12.Cl.Cl. The predicted octanol–water partition coefficient (Wildman–Crippen LogP) is 5.15. The van der Waals surface area contributed by atoms with Gasteiger partial charge in [-0.1, -0.05) is 26.0 Å². The van der Waals surface area contributed by atoms with Gasteiger partial charge < -0.3 is 14.2 Å². The molecule has 0 bridgehead atoms. The lowest BCUT2D eigenvalue weighted by atomic mass is 10.1. The number of nitrogens with zero attached hydrogens (tertiary/aromatic N) is 4. The number of halogens is 2. The quantitative estimate of drug-likeness (QED) is 0.403. The molecule has 0 radical (unpaired) electrons. The first-order chi connectivity index (χ1) is 13.2. The van der Waals surface area contributed by atoms with Gasteiger partial charge in [0.25, 0.3) is 0 Å². The summed E-state index contributed by atoms with van der Waals surface area (Å²) in [5.41, 5.74) is 4.53. The first-order valence-corrected chi connectivity index (χ1v) is 9.58. The Labute approximate surface area is 184 Å². The maximum absolute atomic E-state index is 5.31. The number of para-hydroxylation sites is 2. The van der Waals surface area contributed by atoms with Crippen molar-refractivity contribution in [2.75, 3.05) is 26.7 Å². The van der Waals surface area contributed by atoms with Gasteiger partial charge in [-0.15, -0.1) is 24.8 Å². The maximum atomic E-state index is 5.31. The van der Waals surface area contributed by atoms with E-state index < -0.39 is 0 Å². The molecule has 156 valence electrons. The molecule has 0 spiro atoms. The third-order valence-electron chi connectivity index (χ3n) is 5.28. The Morgan fingerprint density at radius 3 is 2.31 bits per heavy atom. The topological polar surface area (TPSA) is 34.7 Å². The second-order valence-corrected chi connectivity index (χ2v) is 6.69. The van der Waals surface area contributed by atoms with Gasteiger partial charge in [0, 0.05) is 24.8 Å². The molecule has 0 saturated carbocycles. The summed E-state index contributed by atoms with van der Waals surface area (Å²) in [6.45, 7) is 8.45. The summed E-state index contributed by atoms with van der Waals surface area (Å²) < 4.78 is 9.85. The summed E-state index contributed by atoms with van der Waals surface area (Å²) in [6.07, 6.45) is 2.20. The van der Waals surface area contributed by atoms with Crippen LogP contribution in [0.15, 0.2) is 54.7 Å². The van der Waals surface area contributed by atoms with Crippen molar-refractivity contribution in [2.24, 2.45) is 0 Å². The van der Waals surface area contributed by atoms with Crippen LogP contribution in [0.2, 0.25) is 0 Å². The van der Waals surface area contributed by atoms with Gasteiger partial charge in [0.2, 0.25) is 5.78 Å². The smallest absolute Gasteiger partial charge is 0.215 e. The van der Waals surface area contributed by atoms with E-state index in [4.69, 9.17) is 9.72 Å². The molecule has 0 unspecified atom stereocenters. The fraction of sp³-hybridized carbons (Fsp3) is 0.318. The number of rotatable bonds is 7. The number of benzene rings is 2. The number of methoxy groups -OCH3 is 1. The minimum atomic E-state index is 0. The highest BCUT2D eigenvalue weighted by molar-refractivity contribution is 5.85. The van der Waals surface area contributed by atoms with Gasteiger partial charge in [-0.25, -0.2) is 4.98 Å². The van der Waals surface area contributed by atoms with Gasteiger partial charge in [0.05, 0.1) is 23.8 Å². The van der Waals surface area contributed by atoms with E-state index in [-0.39, 0.29) is 24.8 Å². The Bertz CT molecular complexity index is 1050. The summed E-state index contributed by atoms with van der Waals surface area (Å²) in [6, 6.07) is 16.6. The van der Waals surface area contributed by atoms with Gasteiger partial charge in [0.1, 0.15) is 5.75 Å². The first-order valence-electron chi connectivity index (χ1n) is 9.58. The Morgan fingerprint density at radius 2 is 1.66 bits per heavy atom. The highest BCUT2D eigenvalue weighted by Gasteiger charge is 2.16. The molecule has 0 aliphatic carbocycles. The molecule has 29 heavy (non-hydrogen) atoms. The number of hydrogen-bond donors (Lipinski definition) is 0. The molecule has 0 saturated heterocycles. The van der Waals surface area contributed by atoms with Crippen molar-refractivity contribution in [3.8, 4) is 17.0 Å². The van der Waals surface area contributed by atoms with Crippen molar-refractivity contribution in [2.45, 2.75) is 20.4 Å². The fourth-order valence-electron chi connectivity index (χ4n) is 3.64. The summed E-state index contributed by atoms with van der Waals surface area (Å²) in [5, 5.41) is 0. The number of hydrogen-bond acceptors (Lipinski definition) is 3. The van der Waals surface area contributed by atoms with Crippen molar-refractivity contribution in [3.63, 3.8) is 0 Å². The molecule has 2 aromatic heterocycles.